The van der Waals surface area contributed by atoms with E-state index in [1.165, 1.54) is 103 Å². The summed E-state index contributed by atoms with van der Waals surface area (Å²) in [6.07, 6.45) is 25.2. The minimum absolute atomic E-state index is 0.257. The van der Waals surface area contributed by atoms with Crippen molar-refractivity contribution >= 4 is 6.21 Å². The predicted molar refractivity (Wildman–Crippen MR) is 110 cm³/mol. The van der Waals surface area contributed by atoms with Gasteiger partial charge in [-0.2, -0.15) is 0 Å². The standard InChI is InChI=1S/C22H45N2O/c1-2-3-4-5-6-7-8-9-10-11-12-13-14-15-16-17-22-23-18-19-24(22)20-21-25/h19,22-23,25H,2-18,20-21H2,1H3/q+1. The van der Waals surface area contributed by atoms with E-state index in [1.807, 2.05) is 0 Å². The fraction of sp³-hybridized carbons (Fsp3) is 0.955. The van der Waals surface area contributed by atoms with E-state index in [-0.39, 0.29) is 6.61 Å². The number of rotatable bonds is 18. The molecule has 0 aliphatic carbocycles. The maximum absolute atomic E-state index is 9.06. The second-order valence-electron chi connectivity index (χ2n) is 7.81. The highest BCUT2D eigenvalue weighted by Crippen LogP contribution is 2.14. The number of nitrogens with one attached hydrogen (secondary N) is 1. The highest BCUT2D eigenvalue weighted by Gasteiger charge is 2.23. The van der Waals surface area contributed by atoms with E-state index in [0.29, 0.717) is 6.17 Å². The van der Waals surface area contributed by atoms with Gasteiger partial charge in [-0.25, -0.2) is 9.89 Å². The molecule has 0 spiro atoms. The molecular formula is C22H45N2O+. The average Bonchev–Trinajstić information content (AvgIpc) is 3.06. The Hall–Kier alpha value is -0.410. The van der Waals surface area contributed by atoms with Gasteiger partial charge in [0, 0.05) is 6.42 Å². The first-order valence-electron chi connectivity index (χ1n) is 11.3. The van der Waals surface area contributed by atoms with E-state index < -0.39 is 0 Å². The van der Waals surface area contributed by atoms with E-state index in [2.05, 4.69) is 23.0 Å². The van der Waals surface area contributed by atoms with E-state index in [0.717, 1.165) is 13.1 Å². The molecule has 1 aliphatic rings. The van der Waals surface area contributed by atoms with Crippen LogP contribution >= 0.6 is 0 Å². The van der Waals surface area contributed by atoms with Gasteiger partial charge < -0.3 is 5.11 Å². The van der Waals surface area contributed by atoms with Crippen LogP contribution in [0.2, 0.25) is 0 Å². The molecule has 1 heterocycles. The number of nitrogens with zero attached hydrogens (tertiary/aromatic N) is 1. The van der Waals surface area contributed by atoms with Crippen LogP contribution in [0.5, 0.6) is 0 Å². The summed E-state index contributed by atoms with van der Waals surface area (Å²) < 4.78 is 2.27. The van der Waals surface area contributed by atoms with Gasteiger partial charge in [-0.1, -0.05) is 96.8 Å². The molecule has 0 bridgehead atoms. The van der Waals surface area contributed by atoms with E-state index in [9.17, 15) is 0 Å². The van der Waals surface area contributed by atoms with Crippen molar-refractivity contribution in [3.63, 3.8) is 0 Å². The zero-order valence-electron chi connectivity index (χ0n) is 17.0. The van der Waals surface area contributed by atoms with E-state index in [4.69, 9.17) is 5.11 Å². The van der Waals surface area contributed by atoms with Crippen LogP contribution in [0, 0.1) is 0 Å². The molecule has 1 unspecified atom stereocenters. The third kappa shape index (κ3) is 12.6. The smallest absolute Gasteiger partial charge is 0.206 e. The van der Waals surface area contributed by atoms with Crippen LogP contribution in [0.4, 0.5) is 0 Å². The number of aliphatic hydroxyl groups excluding tert-OH is 1. The SMILES string of the molecule is CCCCCCCCCCCCCCCCCC1NCC=[N+]1CCO. The summed E-state index contributed by atoms with van der Waals surface area (Å²) in [5, 5.41) is 12.6. The van der Waals surface area contributed by atoms with Crippen LogP contribution in [0.15, 0.2) is 0 Å². The van der Waals surface area contributed by atoms with Gasteiger partial charge in [0.25, 0.3) is 0 Å². The van der Waals surface area contributed by atoms with Crippen LogP contribution in [0.3, 0.4) is 0 Å². The Bertz CT molecular complexity index is 317. The van der Waals surface area contributed by atoms with E-state index >= 15 is 0 Å². The summed E-state index contributed by atoms with van der Waals surface area (Å²) in [5.41, 5.74) is 0. The molecule has 1 aliphatic heterocycles. The predicted octanol–water partition coefficient (Wildman–Crippen LogP) is 5.25. The molecule has 25 heavy (non-hydrogen) atoms. The van der Waals surface area contributed by atoms with Gasteiger partial charge in [0.1, 0.15) is 6.61 Å². The zero-order valence-corrected chi connectivity index (χ0v) is 17.0. The molecule has 3 heteroatoms. The third-order valence-corrected chi connectivity index (χ3v) is 5.52. The minimum atomic E-state index is 0.257. The van der Waals surface area contributed by atoms with Gasteiger partial charge in [-0.15, -0.1) is 0 Å². The fourth-order valence-corrected chi connectivity index (χ4v) is 3.89. The molecule has 0 fully saturated rings. The molecule has 1 rings (SSSR count). The lowest BCUT2D eigenvalue weighted by Crippen LogP contribution is -2.34. The highest BCUT2D eigenvalue weighted by atomic mass is 16.3. The van der Waals surface area contributed by atoms with Crippen molar-refractivity contribution in [2.75, 3.05) is 19.7 Å². The molecule has 0 aromatic heterocycles. The molecule has 0 amide bonds. The Labute approximate surface area is 157 Å². The molecule has 0 saturated carbocycles. The van der Waals surface area contributed by atoms with Gasteiger partial charge >= 0.3 is 0 Å². The topological polar surface area (TPSA) is 35.3 Å². The lowest BCUT2D eigenvalue weighted by molar-refractivity contribution is -0.561. The fourth-order valence-electron chi connectivity index (χ4n) is 3.89. The zero-order chi connectivity index (χ0) is 18.0. The quantitative estimate of drug-likeness (QED) is 0.261. The van der Waals surface area contributed by atoms with Gasteiger partial charge in [0.15, 0.2) is 12.8 Å². The summed E-state index contributed by atoms with van der Waals surface area (Å²) in [7, 11) is 0. The molecule has 0 aromatic rings. The Balaban J connectivity index is 1.76. The van der Waals surface area contributed by atoms with Gasteiger partial charge in [0.2, 0.25) is 6.17 Å². The molecule has 1 atom stereocenters. The number of hydrogen-bond acceptors (Lipinski definition) is 2. The second kappa shape index (κ2) is 17.0. The Morgan fingerprint density at radius 1 is 0.800 bits per heavy atom. The summed E-state index contributed by atoms with van der Waals surface area (Å²) in [4.78, 5) is 0. The maximum Gasteiger partial charge on any atom is 0.206 e. The molecule has 0 radical (unpaired) electrons. The van der Waals surface area contributed by atoms with Crippen LogP contribution < -0.4 is 5.32 Å². The van der Waals surface area contributed by atoms with Crippen LogP contribution in [0.25, 0.3) is 0 Å². The number of unbranched alkanes of at least 4 members (excludes halogenated alkanes) is 14. The van der Waals surface area contributed by atoms with Crippen LogP contribution in [-0.2, 0) is 0 Å². The lowest BCUT2D eigenvalue weighted by Gasteiger charge is -2.10. The molecule has 2 N–H and O–H groups in total. The molecular weight excluding hydrogens is 308 g/mol. The molecule has 148 valence electrons. The Kier molecular flexibility index (Phi) is 15.4. The number of β-amino-alcohol motifs (C(OH)–C–C–N with tert-alkyl or cyclic N) is 1. The van der Waals surface area contributed by atoms with Crippen molar-refractivity contribution in [3.05, 3.63) is 0 Å². The van der Waals surface area contributed by atoms with Crippen molar-refractivity contribution in [2.24, 2.45) is 0 Å². The third-order valence-electron chi connectivity index (χ3n) is 5.52. The summed E-state index contributed by atoms with van der Waals surface area (Å²) in [6.45, 7) is 4.28. The number of aliphatic hydroxyl groups is 1. The average molecular weight is 354 g/mol. The first kappa shape index (κ1) is 22.6. The molecule has 0 saturated heterocycles. The molecule has 3 nitrogen and oxygen atoms in total. The summed E-state index contributed by atoms with van der Waals surface area (Å²) >= 11 is 0. The van der Waals surface area contributed by atoms with Gasteiger partial charge in [-0.3, -0.25) is 0 Å². The monoisotopic (exact) mass is 353 g/mol. The van der Waals surface area contributed by atoms with Gasteiger partial charge in [-0.05, 0) is 6.42 Å². The highest BCUT2D eigenvalue weighted by molar-refractivity contribution is 5.55. The van der Waals surface area contributed by atoms with Crippen molar-refractivity contribution in [3.8, 4) is 0 Å². The van der Waals surface area contributed by atoms with Crippen molar-refractivity contribution in [1.29, 1.82) is 0 Å². The van der Waals surface area contributed by atoms with Crippen molar-refractivity contribution in [1.82, 2.24) is 5.32 Å². The van der Waals surface area contributed by atoms with Crippen molar-refractivity contribution in [2.45, 2.75) is 116 Å². The normalized spacial score (nSPS) is 17.2. The maximum atomic E-state index is 9.06. The first-order valence-corrected chi connectivity index (χ1v) is 11.3. The van der Waals surface area contributed by atoms with Crippen molar-refractivity contribution < 1.29 is 9.68 Å². The summed E-state index contributed by atoms with van der Waals surface area (Å²) in [5.74, 6) is 0. The Morgan fingerprint density at radius 3 is 1.76 bits per heavy atom. The second-order valence-corrected chi connectivity index (χ2v) is 7.81. The lowest BCUT2D eigenvalue weighted by atomic mass is 10.0. The number of hydrogen-bond donors (Lipinski definition) is 2. The molecule has 0 aromatic carbocycles. The minimum Gasteiger partial charge on any atom is -0.390 e. The van der Waals surface area contributed by atoms with E-state index in [1.54, 1.807) is 0 Å². The first-order chi connectivity index (χ1) is 12.4. The summed E-state index contributed by atoms with van der Waals surface area (Å²) in [6, 6.07) is 0. The largest absolute Gasteiger partial charge is 0.390 e. The van der Waals surface area contributed by atoms with Gasteiger partial charge in [0.05, 0.1) is 6.54 Å². The Morgan fingerprint density at radius 2 is 1.28 bits per heavy atom. The van der Waals surface area contributed by atoms with Crippen LogP contribution in [-0.4, -0.2) is 41.8 Å². The van der Waals surface area contributed by atoms with Crippen LogP contribution in [0.1, 0.15) is 110 Å².